The van der Waals surface area contributed by atoms with Gasteiger partial charge in [0.1, 0.15) is 23.8 Å². The number of rotatable bonds is 6. The molecule has 0 spiro atoms. The first-order valence-electron chi connectivity index (χ1n) is 7.50. The maximum Gasteiger partial charge on any atom is 0.203 e. The number of furan rings is 1. The summed E-state index contributed by atoms with van der Waals surface area (Å²) in [5, 5.41) is 5.02. The van der Waals surface area contributed by atoms with Crippen LogP contribution in [0.15, 0.2) is 47.0 Å². The van der Waals surface area contributed by atoms with Crippen molar-refractivity contribution in [3.05, 3.63) is 74.9 Å². The Labute approximate surface area is 164 Å². The summed E-state index contributed by atoms with van der Waals surface area (Å²) in [6.45, 7) is 0.130. The third kappa shape index (κ3) is 4.30. The minimum Gasteiger partial charge on any atom is -0.483 e. The smallest absolute Gasteiger partial charge is 0.203 e. The lowest BCUT2D eigenvalue weighted by molar-refractivity contribution is 0.103. The lowest BCUT2D eigenvalue weighted by Crippen LogP contribution is -2.03. The minimum absolute atomic E-state index is 0.130. The van der Waals surface area contributed by atoms with Crippen molar-refractivity contribution in [1.29, 1.82) is 0 Å². The molecular formula is C18H13Cl3N2O3. The predicted octanol–water partition coefficient (Wildman–Crippen LogP) is 5.45. The highest BCUT2D eigenvalue weighted by atomic mass is 35.5. The van der Waals surface area contributed by atoms with E-state index in [1.807, 2.05) is 0 Å². The Balaban J connectivity index is 1.64. The van der Waals surface area contributed by atoms with Gasteiger partial charge in [-0.25, -0.2) is 0 Å². The Morgan fingerprint density at radius 3 is 2.62 bits per heavy atom. The normalized spacial score (nSPS) is 11.2. The molecule has 2 heterocycles. The number of carbonyl (C=O) groups excluding carboxylic acids is 1. The monoisotopic (exact) mass is 410 g/mol. The van der Waals surface area contributed by atoms with Gasteiger partial charge in [-0.3, -0.25) is 9.48 Å². The van der Waals surface area contributed by atoms with Crippen LogP contribution in [0.5, 0.6) is 5.75 Å². The number of benzene rings is 1. The average molecular weight is 412 g/mol. The van der Waals surface area contributed by atoms with Crippen molar-refractivity contribution in [1.82, 2.24) is 9.78 Å². The van der Waals surface area contributed by atoms with E-state index >= 15 is 0 Å². The van der Waals surface area contributed by atoms with Crippen LogP contribution in [0.2, 0.25) is 15.1 Å². The summed E-state index contributed by atoms with van der Waals surface area (Å²) in [4.78, 5) is 12.1. The van der Waals surface area contributed by atoms with Crippen LogP contribution in [-0.2, 0) is 13.7 Å². The van der Waals surface area contributed by atoms with E-state index < -0.39 is 0 Å². The molecule has 3 aromatic rings. The molecule has 0 fully saturated rings. The third-order valence-corrected chi connectivity index (χ3v) is 4.26. The van der Waals surface area contributed by atoms with E-state index in [1.54, 1.807) is 49.7 Å². The molecule has 0 unspecified atom stereocenters. The van der Waals surface area contributed by atoms with Crippen molar-refractivity contribution in [2.45, 2.75) is 6.61 Å². The number of aromatic nitrogens is 2. The van der Waals surface area contributed by atoms with Crippen LogP contribution in [0.25, 0.3) is 6.08 Å². The Morgan fingerprint density at radius 2 is 1.96 bits per heavy atom. The fourth-order valence-electron chi connectivity index (χ4n) is 2.23. The van der Waals surface area contributed by atoms with Crippen molar-refractivity contribution in [3.8, 4) is 5.75 Å². The van der Waals surface area contributed by atoms with E-state index in [1.165, 1.54) is 10.8 Å². The maximum absolute atomic E-state index is 12.1. The van der Waals surface area contributed by atoms with Gasteiger partial charge in [-0.2, -0.15) is 5.10 Å². The highest BCUT2D eigenvalue weighted by molar-refractivity contribution is 6.40. The number of aryl methyl sites for hydroxylation is 1. The summed E-state index contributed by atoms with van der Waals surface area (Å²) in [5.41, 5.74) is 0.489. The molecule has 0 atom stereocenters. The zero-order valence-corrected chi connectivity index (χ0v) is 15.8. The van der Waals surface area contributed by atoms with Crippen LogP contribution in [-0.4, -0.2) is 15.6 Å². The van der Waals surface area contributed by atoms with Gasteiger partial charge in [0, 0.05) is 18.3 Å². The first kappa shape index (κ1) is 18.6. The van der Waals surface area contributed by atoms with Crippen LogP contribution in [0.1, 0.15) is 22.0 Å². The molecule has 0 aliphatic carbocycles. The van der Waals surface area contributed by atoms with Crippen molar-refractivity contribution < 1.29 is 13.9 Å². The second-order valence-electron chi connectivity index (χ2n) is 5.33. The number of hydrogen-bond donors (Lipinski definition) is 0. The molecule has 3 rings (SSSR count). The van der Waals surface area contributed by atoms with E-state index in [9.17, 15) is 4.79 Å². The molecule has 0 saturated heterocycles. The molecule has 1 aromatic carbocycles. The Morgan fingerprint density at radius 1 is 1.23 bits per heavy atom. The Bertz CT molecular complexity index is 953. The summed E-state index contributed by atoms with van der Waals surface area (Å²) in [6, 6.07) is 8.21. The largest absolute Gasteiger partial charge is 0.483 e. The molecule has 0 bridgehead atoms. The van der Waals surface area contributed by atoms with Gasteiger partial charge in [-0.1, -0.05) is 34.8 Å². The van der Waals surface area contributed by atoms with Crippen LogP contribution in [0, 0.1) is 0 Å². The molecule has 0 N–H and O–H groups in total. The van der Waals surface area contributed by atoms with E-state index in [0.29, 0.717) is 38.0 Å². The van der Waals surface area contributed by atoms with E-state index in [4.69, 9.17) is 44.0 Å². The van der Waals surface area contributed by atoms with Gasteiger partial charge in [0.15, 0.2) is 5.75 Å². The highest BCUT2D eigenvalue weighted by Crippen LogP contribution is 2.36. The first-order chi connectivity index (χ1) is 12.4. The SMILES string of the molecule is Cn1nccc1C(=O)/C=C/c1ccc(COc2c(Cl)cc(Cl)cc2Cl)o1. The maximum atomic E-state index is 12.1. The lowest BCUT2D eigenvalue weighted by Gasteiger charge is -2.08. The highest BCUT2D eigenvalue weighted by Gasteiger charge is 2.11. The third-order valence-electron chi connectivity index (χ3n) is 3.48. The topological polar surface area (TPSA) is 57.3 Å². The van der Waals surface area contributed by atoms with Crippen LogP contribution in [0.4, 0.5) is 0 Å². The number of nitrogens with zero attached hydrogens (tertiary/aromatic N) is 2. The minimum atomic E-state index is -0.168. The van der Waals surface area contributed by atoms with Gasteiger partial charge < -0.3 is 9.15 Å². The molecule has 134 valence electrons. The number of allylic oxidation sites excluding steroid dienone is 1. The number of ether oxygens (including phenoxy) is 1. The van der Waals surface area contributed by atoms with Gasteiger partial charge in [0.05, 0.1) is 10.0 Å². The van der Waals surface area contributed by atoms with E-state index in [-0.39, 0.29) is 12.4 Å². The summed E-state index contributed by atoms with van der Waals surface area (Å²) in [5.74, 6) is 1.24. The van der Waals surface area contributed by atoms with Crippen molar-refractivity contribution in [3.63, 3.8) is 0 Å². The van der Waals surface area contributed by atoms with Gasteiger partial charge in [-0.15, -0.1) is 0 Å². The molecule has 8 heteroatoms. The quantitative estimate of drug-likeness (QED) is 0.400. The van der Waals surface area contributed by atoms with Gasteiger partial charge in [-0.05, 0) is 42.5 Å². The molecule has 0 aliphatic heterocycles. The number of halogens is 3. The van der Waals surface area contributed by atoms with Crippen molar-refractivity contribution in [2.75, 3.05) is 0 Å². The molecule has 0 saturated carbocycles. The molecule has 0 radical (unpaired) electrons. The molecule has 0 amide bonds. The summed E-state index contributed by atoms with van der Waals surface area (Å²) >= 11 is 18.0. The fourth-order valence-corrected chi connectivity index (χ4v) is 3.16. The molecular weight excluding hydrogens is 399 g/mol. The first-order valence-corrected chi connectivity index (χ1v) is 8.64. The van der Waals surface area contributed by atoms with Crippen molar-refractivity contribution in [2.24, 2.45) is 7.05 Å². The van der Waals surface area contributed by atoms with Gasteiger partial charge in [0.25, 0.3) is 0 Å². The van der Waals surface area contributed by atoms with E-state index in [0.717, 1.165) is 0 Å². The summed E-state index contributed by atoms with van der Waals surface area (Å²) < 4.78 is 12.7. The summed E-state index contributed by atoms with van der Waals surface area (Å²) in [6.07, 6.45) is 4.57. The van der Waals surface area contributed by atoms with Crippen LogP contribution in [0.3, 0.4) is 0 Å². The Kier molecular flexibility index (Phi) is 5.71. The van der Waals surface area contributed by atoms with Gasteiger partial charge in [0.2, 0.25) is 5.78 Å². The fraction of sp³-hybridized carbons (Fsp3) is 0.111. The van der Waals surface area contributed by atoms with Crippen molar-refractivity contribution >= 4 is 46.7 Å². The zero-order chi connectivity index (χ0) is 18.7. The standard InChI is InChI=1S/C18H13Cl3N2O3/c1-23-16(6-7-22-23)17(24)5-4-12-2-3-13(26-12)10-25-18-14(20)8-11(19)9-15(18)21/h2-9H,10H2,1H3/b5-4+. The van der Waals surface area contributed by atoms with Gasteiger partial charge >= 0.3 is 0 Å². The number of hydrogen-bond acceptors (Lipinski definition) is 4. The predicted molar refractivity (Wildman–Crippen MR) is 101 cm³/mol. The second kappa shape index (κ2) is 7.99. The molecule has 2 aromatic heterocycles. The second-order valence-corrected chi connectivity index (χ2v) is 6.58. The zero-order valence-electron chi connectivity index (χ0n) is 13.6. The molecule has 0 aliphatic rings. The molecule has 5 nitrogen and oxygen atoms in total. The van der Waals surface area contributed by atoms with E-state index in [2.05, 4.69) is 5.10 Å². The lowest BCUT2D eigenvalue weighted by atomic mass is 10.2. The van der Waals surface area contributed by atoms with Crippen LogP contribution < -0.4 is 4.74 Å². The summed E-state index contributed by atoms with van der Waals surface area (Å²) in [7, 11) is 1.70. The molecule has 26 heavy (non-hydrogen) atoms. The Hall–Kier alpha value is -2.21. The average Bonchev–Trinajstić information content (AvgIpc) is 3.20. The number of carbonyl (C=O) groups is 1. The number of ketones is 1. The van der Waals surface area contributed by atoms with Crippen LogP contribution >= 0.6 is 34.8 Å².